The molecule has 4 N–H and O–H groups in total. The van der Waals surface area contributed by atoms with Crippen molar-refractivity contribution in [3.63, 3.8) is 0 Å². The van der Waals surface area contributed by atoms with Crippen molar-refractivity contribution in [2.24, 2.45) is 0 Å². The summed E-state index contributed by atoms with van der Waals surface area (Å²) in [6.07, 6.45) is 4.29. The average Bonchev–Trinajstić information content (AvgIpc) is 3.31. The molecule has 0 aliphatic carbocycles. The van der Waals surface area contributed by atoms with E-state index in [0.717, 1.165) is 29.7 Å². The number of nitrogen functional groups attached to an aromatic ring is 1. The molecule has 2 aromatic carbocycles. The van der Waals surface area contributed by atoms with Gasteiger partial charge in [-0.15, -0.1) is 0 Å². The number of anilines is 1. The van der Waals surface area contributed by atoms with Gasteiger partial charge in [-0.25, -0.2) is 13.7 Å². The van der Waals surface area contributed by atoms with Crippen molar-refractivity contribution < 1.29 is 32.7 Å². The lowest BCUT2D eigenvalue weighted by molar-refractivity contribution is -0.711. The molecular weight excluding hydrogens is 481 g/mol. The van der Waals surface area contributed by atoms with Gasteiger partial charge in [-0.1, -0.05) is 54.9 Å². The van der Waals surface area contributed by atoms with Crippen LogP contribution >= 0.6 is 7.82 Å². The summed E-state index contributed by atoms with van der Waals surface area (Å²) in [5.74, 6) is 1.47. The molecule has 10 heteroatoms. The van der Waals surface area contributed by atoms with Gasteiger partial charge in [0, 0.05) is 12.5 Å². The van der Waals surface area contributed by atoms with Crippen molar-refractivity contribution in [2.45, 2.75) is 39.5 Å². The molecule has 4 aromatic rings. The van der Waals surface area contributed by atoms with Gasteiger partial charge in [-0.05, 0) is 47.4 Å². The van der Waals surface area contributed by atoms with Crippen LogP contribution in [-0.2, 0) is 35.3 Å². The highest BCUT2D eigenvalue weighted by Gasteiger charge is 2.20. The molecule has 0 amide bonds. The standard InChI is InChI=1S/C26H28N3O6P/c1-2-5-19-6-3-7-21(14-19)17-33-23-11-9-20(10-12-23)15-22-16-25(35-28-22)24-8-4-13-29(26(24)27)18-34-36(30,31)32/h3-4,6-14,16,27H,2,5,15,17-18H2,1H3,(H2,30,31,32)/p+1. The molecule has 0 fully saturated rings. The number of phosphoric acid groups is 1. The topological polar surface area (TPSA) is 132 Å². The first-order valence-corrected chi connectivity index (χ1v) is 13.1. The Labute approximate surface area is 209 Å². The summed E-state index contributed by atoms with van der Waals surface area (Å²) in [7, 11) is -4.62. The van der Waals surface area contributed by atoms with Crippen LogP contribution in [0.3, 0.4) is 0 Å². The maximum Gasteiger partial charge on any atom is 0.472 e. The second kappa shape index (κ2) is 11.5. The third-order valence-electron chi connectivity index (χ3n) is 5.55. The van der Waals surface area contributed by atoms with Crippen LogP contribution in [0, 0.1) is 0 Å². The number of aryl methyl sites for hydroxylation is 1. The second-order valence-corrected chi connectivity index (χ2v) is 9.63. The van der Waals surface area contributed by atoms with E-state index in [9.17, 15) is 4.57 Å². The fraction of sp³-hybridized carbons (Fsp3) is 0.231. The van der Waals surface area contributed by atoms with Gasteiger partial charge in [-0.2, -0.15) is 0 Å². The minimum atomic E-state index is -4.62. The quantitative estimate of drug-likeness (QED) is 0.200. The second-order valence-electron chi connectivity index (χ2n) is 8.39. The van der Waals surface area contributed by atoms with Crippen LogP contribution < -0.4 is 15.0 Å². The molecule has 9 nitrogen and oxygen atoms in total. The predicted molar refractivity (Wildman–Crippen MR) is 134 cm³/mol. The van der Waals surface area contributed by atoms with Crippen LogP contribution in [0.2, 0.25) is 0 Å². The maximum absolute atomic E-state index is 11.0. The molecule has 0 unspecified atom stereocenters. The van der Waals surface area contributed by atoms with Crippen LogP contribution in [0.1, 0.15) is 35.7 Å². The molecule has 188 valence electrons. The third-order valence-corrected chi connectivity index (χ3v) is 6.00. The van der Waals surface area contributed by atoms with Crippen molar-refractivity contribution >= 4 is 13.6 Å². The number of aromatic nitrogens is 2. The van der Waals surface area contributed by atoms with Gasteiger partial charge < -0.3 is 19.0 Å². The fourth-order valence-electron chi connectivity index (χ4n) is 3.79. The Kier molecular flexibility index (Phi) is 8.18. The summed E-state index contributed by atoms with van der Waals surface area (Å²) in [5, 5.41) is 4.14. The van der Waals surface area contributed by atoms with Gasteiger partial charge in [-0.3, -0.25) is 5.73 Å². The van der Waals surface area contributed by atoms with E-state index in [4.69, 9.17) is 24.8 Å². The SMILES string of the molecule is CCCc1cccc(COc2ccc(Cc3cc(-c4ccc[n+](COP(=O)(O)O)c4N)on3)cc2)c1. The number of benzene rings is 2. The Bertz CT molecular complexity index is 1350. The van der Waals surface area contributed by atoms with Gasteiger partial charge in [0.15, 0.2) is 5.76 Å². The van der Waals surface area contributed by atoms with Crippen molar-refractivity contribution in [1.82, 2.24) is 5.16 Å². The molecule has 4 rings (SSSR count). The van der Waals surface area contributed by atoms with Crippen LogP contribution in [0.5, 0.6) is 5.75 Å². The van der Waals surface area contributed by atoms with E-state index < -0.39 is 14.6 Å². The zero-order valence-corrected chi connectivity index (χ0v) is 20.8. The number of ether oxygens (including phenoxy) is 1. The number of nitrogens with two attached hydrogens (primary N) is 1. The van der Waals surface area contributed by atoms with Crippen molar-refractivity contribution in [3.8, 4) is 17.1 Å². The number of nitrogens with zero attached hydrogens (tertiary/aromatic N) is 2. The number of hydrogen-bond donors (Lipinski definition) is 3. The van der Waals surface area contributed by atoms with E-state index in [2.05, 4.69) is 40.9 Å². The Morgan fingerprint density at radius 3 is 2.56 bits per heavy atom. The Balaban J connectivity index is 1.37. The van der Waals surface area contributed by atoms with Gasteiger partial charge in [0.1, 0.15) is 17.9 Å². The number of phosphoric ester groups is 1. The molecule has 0 aliphatic heterocycles. The van der Waals surface area contributed by atoms with Crippen LogP contribution in [0.4, 0.5) is 5.82 Å². The molecule has 0 radical (unpaired) electrons. The number of rotatable bonds is 11. The number of pyridine rings is 1. The van der Waals surface area contributed by atoms with Crippen LogP contribution in [-0.4, -0.2) is 14.9 Å². The lowest BCUT2D eigenvalue weighted by Crippen LogP contribution is -2.38. The summed E-state index contributed by atoms with van der Waals surface area (Å²) in [6, 6.07) is 21.5. The minimum absolute atomic E-state index is 0.232. The Morgan fingerprint density at radius 2 is 1.81 bits per heavy atom. The van der Waals surface area contributed by atoms with E-state index in [1.807, 2.05) is 24.3 Å². The Hall–Kier alpha value is -3.49. The zero-order valence-electron chi connectivity index (χ0n) is 19.9. The Morgan fingerprint density at radius 1 is 1.03 bits per heavy atom. The lowest BCUT2D eigenvalue weighted by atomic mass is 10.1. The summed E-state index contributed by atoms with van der Waals surface area (Å²) in [4.78, 5) is 17.9. The predicted octanol–water partition coefficient (Wildman–Crippen LogP) is 4.40. The van der Waals surface area contributed by atoms with Gasteiger partial charge >= 0.3 is 7.82 Å². The number of hydrogen-bond acceptors (Lipinski definition) is 6. The molecule has 36 heavy (non-hydrogen) atoms. The van der Waals surface area contributed by atoms with E-state index in [-0.39, 0.29) is 5.82 Å². The van der Waals surface area contributed by atoms with E-state index in [0.29, 0.717) is 30.0 Å². The highest BCUT2D eigenvalue weighted by molar-refractivity contribution is 7.46. The molecule has 0 atom stereocenters. The first-order chi connectivity index (χ1) is 17.3. The minimum Gasteiger partial charge on any atom is -0.489 e. The van der Waals surface area contributed by atoms with E-state index in [1.54, 1.807) is 24.4 Å². The van der Waals surface area contributed by atoms with Crippen LogP contribution in [0.15, 0.2) is 77.4 Å². The first-order valence-electron chi connectivity index (χ1n) is 11.5. The van der Waals surface area contributed by atoms with Gasteiger partial charge in [0.05, 0.1) is 11.9 Å². The van der Waals surface area contributed by atoms with E-state index >= 15 is 0 Å². The maximum atomic E-state index is 11.0. The summed E-state index contributed by atoms with van der Waals surface area (Å²) >= 11 is 0. The molecule has 0 aliphatic rings. The molecule has 0 bridgehead atoms. The molecular formula is C26H29N3O6P+. The molecule has 0 saturated carbocycles. The first kappa shape index (κ1) is 25.6. The summed E-state index contributed by atoms with van der Waals surface area (Å²) in [5.41, 5.74) is 10.9. The zero-order chi connectivity index (χ0) is 25.5. The van der Waals surface area contributed by atoms with Crippen LogP contribution in [0.25, 0.3) is 11.3 Å². The summed E-state index contributed by atoms with van der Waals surface area (Å²) in [6.45, 7) is 2.29. The van der Waals surface area contributed by atoms with E-state index in [1.165, 1.54) is 10.1 Å². The third kappa shape index (κ3) is 7.02. The smallest absolute Gasteiger partial charge is 0.472 e. The lowest BCUT2D eigenvalue weighted by Gasteiger charge is -2.08. The van der Waals surface area contributed by atoms with Crippen molar-refractivity contribution in [1.29, 1.82) is 0 Å². The fourth-order valence-corrected chi connectivity index (χ4v) is 4.06. The summed E-state index contributed by atoms with van der Waals surface area (Å²) < 4.78 is 28.3. The highest BCUT2D eigenvalue weighted by atomic mass is 31.2. The molecule has 0 saturated heterocycles. The van der Waals surface area contributed by atoms with Gasteiger partial charge in [0.2, 0.25) is 6.73 Å². The average molecular weight is 511 g/mol. The largest absolute Gasteiger partial charge is 0.489 e. The van der Waals surface area contributed by atoms with Gasteiger partial charge in [0.25, 0.3) is 5.82 Å². The molecule has 0 spiro atoms. The van der Waals surface area contributed by atoms with Crippen molar-refractivity contribution in [3.05, 3.63) is 95.3 Å². The molecule has 2 aromatic heterocycles. The van der Waals surface area contributed by atoms with Crippen molar-refractivity contribution in [2.75, 3.05) is 5.73 Å². The highest BCUT2D eigenvalue weighted by Crippen LogP contribution is 2.35. The monoisotopic (exact) mass is 510 g/mol. The molecule has 2 heterocycles. The normalized spacial score (nSPS) is 11.5.